The van der Waals surface area contributed by atoms with Crippen LogP contribution in [0.15, 0.2) is 30.5 Å². The number of amides is 1. The Morgan fingerprint density at radius 1 is 1.28 bits per heavy atom. The van der Waals surface area contributed by atoms with Gasteiger partial charge in [0.25, 0.3) is 5.91 Å². The zero-order valence-electron chi connectivity index (χ0n) is 9.71. The van der Waals surface area contributed by atoms with Gasteiger partial charge in [0.1, 0.15) is 5.69 Å². The highest BCUT2D eigenvalue weighted by Crippen LogP contribution is 2.19. The molecule has 1 heterocycles. The van der Waals surface area contributed by atoms with Gasteiger partial charge in [0.05, 0.1) is 23.3 Å². The van der Waals surface area contributed by atoms with Crippen molar-refractivity contribution in [3.8, 4) is 0 Å². The summed E-state index contributed by atoms with van der Waals surface area (Å²) < 4.78 is 0. The predicted molar refractivity (Wildman–Crippen MR) is 66.0 cm³/mol. The van der Waals surface area contributed by atoms with Gasteiger partial charge in [-0.05, 0) is 25.0 Å². The molecule has 1 saturated carbocycles. The smallest absolute Gasteiger partial charge is 0.271 e. The average molecular weight is 243 g/mol. The van der Waals surface area contributed by atoms with Gasteiger partial charge < -0.3 is 10.4 Å². The van der Waals surface area contributed by atoms with Crippen molar-refractivity contribution in [2.75, 3.05) is 0 Å². The third-order valence-corrected chi connectivity index (χ3v) is 3.13. The van der Waals surface area contributed by atoms with E-state index in [1.807, 2.05) is 24.3 Å². The first-order chi connectivity index (χ1) is 8.72. The second kappa shape index (κ2) is 4.34. The Morgan fingerprint density at radius 2 is 2.00 bits per heavy atom. The molecule has 2 aromatic rings. The van der Waals surface area contributed by atoms with Crippen LogP contribution in [0.25, 0.3) is 11.0 Å². The largest absolute Gasteiger partial charge is 0.393 e. The molecule has 1 aromatic carbocycles. The van der Waals surface area contributed by atoms with Crippen LogP contribution in [0.5, 0.6) is 0 Å². The van der Waals surface area contributed by atoms with Crippen molar-refractivity contribution in [1.82, 2.24) is 15.3 Å². The first-order valence-corrected chi connectivity index (χ1v) is 5.93. The van der Waals surface area contributed by atoms with Crippen LogP contribution in [-0.2, 0) is 0 Å². The Hall–Kier alpha value is -2.01. The Kier molecular flexibility index (Phi) is 2.68. The Labute approximate surface area is 104 Å². The highest BCUT2D eigenvalue weighted by Gasteiger charge is 2.28. The van der Waals surface area contributed by atoms with E-state index < -0.39 is 0 Å². The van der Waals surface area contributed by atoms with Gasteiger partial charge in [-0.3, -0.25) is 9.78 Å². The number of nitrogens with one attached hydrogen (secondary N) is 1. The van der Waals surface area contributed by atoms with E-state index in [9.17, 15) is 4.79 Å². The van der Waals surface area contributed by atoms with Crippen molar-refractivity contribution < 1.29 is 9.90 Å². The fourth-order valence-corrected chi connectivity index (χ4v) is 2.03. The molecule has 0 unspecified atom stereocenters. The molecule has 0 spiro atoms. The molecule has 18 heavy (non-hydrogen) atoms. The van der Waals surface area contributed by atoms with Gasteiger partial charge in [-0.15, -0.1) is 0 Å². The zero-order chi connectivity index (χ0) is 12.5. The topological polar surface area (TPSA) is 75.1 Å². The normalized spacial score (nSPS) is 22.5. The molecule has 1 aliphatic carbocycles. The van der Waals surface area contributed by atoms with Gasteiger partial charge in [0.15, 0.2) is 0 Å². The molecule has 0 radical (unpaired) electrons. The van der Waals surface area contributed by atoms with Crippen molar-refractivity contribution in [3.05, 3.63) is 36.2 Å². The van der Waals surface area contributed by atoms with Crippen molar-refractivity contribution in [1.29, 1.82) is 0 Å². The van der Waals surface area contributed by atoms with Gasteiger partial charge in [-0.1, -0.05) is 12.1 Å². The summed E-state index contributed by atoms with van der Waals surface area (Å²) >= 11 is 0. The number of hydrogen-bond acceptors (Lipinski definition) is 4. The van der Waals surface area contributed by atoms with Crippen LogP contribution < -0.4 is 5.32 Å². The molecule has 2 N–H and O–H groups in total. The molecule has 0 bridgehead atoms. The maximum atomic E-state index is 11.9. The van der Waals surface area contributed by atoms with Crippen LogP contribution in [0, 0.1) is 0 Å². The summed E-state index contributed by atoms with van der Waals surface area (Å²) in [6, 6.07) is 7.48. The SMILES string of the molecule is O=C(NC1CC(O)C1)c1cnc2ccccc2n1. The van der Waals surface area contributed by atoms with Crippen molar-refractivity contribution >= 4 is 16.9 Å². The van der Waals surface area contributed by atoms with E-state index in [-0.39, 0.29) is 18.1 Å². The van der Waals surface area contributed by atoms with E-state index in [1.165, 1.54) is 6.20 Å². The summed E-state index contributed by atoms with van der Waals surface area (Å²) in [5, 5.41) is 12.0. The van der Waals surface area contributed by atoms with Gasteiger partial charge in [0, 0.05) is 6.04 Å². The highest BCUT2D eigenvalue weighted by atomic mass is 16.3. The lowest BCUT2D eigenvalue weighted by atomic mass is 9.89. The number of benzene rings is 1. The zero-order valence-corrected chi connectivity index (χ0v) is 9.71. The second-order valence-corrected chi connectivity index (χ2v) is 4.54. The summed E-state index contributed by atoms with van der Waals surface area (Å²) in [5.41, 5.74) is 1.79. The second-order valence-electron chi connectivity index (χ2n) is 4.54. The van der Waals surface area contributed by atoms with Crippen LogP contribution in [0.1, 0.15) is 23.3 Å². The lowest BCUT2D eigenvalue weighted by Crippen LogP contribution is -2.46. The van der Waals surface area contributed by atoms with Gasteiger partial charge >= 0.3 is 0 Å². The molecule has 5 heteroatoms. The molecule has 0 atom stereocenters. The molecule has 3 rings (SSSR count). The molecular formula is C13H13N3O2. The summed E-state index contributed by atoms with van der Waals surface area (Å²) in [7, 11) is 0. The number of aliphatic hydroxyl groups is 1. The van der Waals surface area contributed by atoms with Crippen LogP contribution >= 0.6 is 0 Å². The number of rotatable bonds is 2. The number of para-hydroxylation sites is 2. The van der Waals surface area contributed by atoms with E-state index in [2.05, 4.69) is 15.3 Å². The average Bonchev–Trinajstić information content (AvgIpc) is 2.36. The van der Waals surface area contributed by atoms with Crippen LogP contribution in [0.3, 0.4) is 0 Å². The molecule has 5 nitrogen and oxygen atoms in total. The number of carbonyl (C=O) groups excluding carboxylic acids is 1. The Morgan fingerprint density at radius 3 is 2.72 bits per heavy atom. The van der Waals surface area contributed by atoms with E-state index in [0.29, 0.717) is 24.1 Å². The fraction of sp³-hybridized carbons (Fsp3) is 0.308. The van der Waals surface area contributed by atoms with E-state index in [4.69, 9.17) is 5.11 Å². The first kappa shape index (κ1) is 11.1. The van der Waals surface area contributed by atoms with Crippen LogP contribution in [0.4, 0.5) is 0 Å². The molecule has 1 fully saturated rings. The number of nitrogens with zero attached hydrogens (tertiary/aromatic N) is 2. The number of carbonyl (C=O) groups is 1. The van der Waals surface area contributed by atoms with Crippen molar-refractivity contribution in [3.63, 3.8) is 0 Å². The van der Waals surface area contributed by atoms with Crippen LogP contribution in [-0.4, -0.2) is 33.1 Å². The first-order valence-electron chi connectivity index (χ1n) is 5.93. The minimum absolute atomic E-state index is 0.0563. The molecule has 0 aliphatic heterocycles. The monoisotopic (exact) mass is 243 g/mol. The number of fused-ring (bicyclic) bond motifs is 1. The lowest BCUT2D eigenvalue weighted by Gasteiger charge is -2.31. The minimum atomic E-state index is -0.280. The minimum Gasteiger partial charge on any atom is -0.393 e. The van der Waals surface area contributed by atoms with E-state index in [1.54, 1.807) is 0 Å². The number of hydrogen-bond donors (Lipinski definition) is 2. The van der Waals surface area contributed by atoms with Gasteiger partial charge in [0.2, 0.25) is 0 Å². The molecule has 1 amide bonds. The maximum absolute atomic E-state index is 11.9. The summed E-state index contributed by atoms with van der Waals surface area (Å²) in [6.07, 6.45) is 2.43. The van der Waals surface area contributed by atoms with Crippen LogP contribution in [0.2, 0.25) is 0 Å². The third-order valence-electron chi connectivity index (χ3n) is 3.13. The maximum Gasteiger partial charge on any atom is 0.271 e. The number of aromatic nitrogens is 2. The van der Waals surface area contributed by atoms with Crippen molar-refractivity contribution in [2.45, 2.75) is 25.0 Å². The molecule has 1 aromatic heterocycles. The van der Waals surface area contributed by atoms with Crippen molar-refractivity contribution in [2.24, 2.45) is 0 Å². The molecule has 1 aliphatic rings. The van der Waals surface area contributed by atoms with E-state index in [0.717, 1.165) is 5.52 Å². The Balaban J connectivity index is 1.79. The third kappa shape index (κ3) is 2.04. The summed E-state index contributed by atoms with van der Waals surface area (Å²) in [5.74, 6) is -0.231. The fourth-order valence-electron chi connectivity index (χ4n) is 2.03. The summed E-state index contributed by atoms with van der Waals surface area (Å²) in [4.78, 5) is 20.4. The Bertz CT molecular complexity index is 594. The number of aliphatic hydroxyl groups excluding tert-OH is 1. The molecule has 92 valence electrons. The highest BCUT2D eigenvalue weighted by molar-refractivity contribution is 5.94. The molecular weight excluding hydrogens is 230 g/mol. The van der Waals surface area contributed by atoms with Gasteiger partial charge in [-0.2, -0.15) is 0 Å². The molecule has 0 saturated heterocycles. The van der Waals surface area contributed by atoms with E-state index >= 15 is 0 Å². The standard InChI is InChI=1S/C13H13N3O2/c17-9-5-8(6-9)15-13(18)12-7-14-10-3-1-2-4-11(10)16-12/h1-4,7-9,17H,5-6H2,(H,15,18). The quantitative estimate of drug-likeness (QED) is 0.821. The van der Waals surface area contributed by atoms with Gasteiger partial charge in [-0.25, -0.2) is 4.98 Å². The predicted octanol–water partition coefficient (Wildman–Crippen LogP) is 0.883. The summed E-state index contributed by atoms with van der Waals surface area (Å²) in [6.45, 7) is 0. The lowest BCUT2D eigenvalue weighted by molar-refractivity contribution is 0.0560.